The maximum atomic E-state index is 5.86. The van der Waals surface area contributed by atoms with Crippen LogP contribution in [0.3, 0.4) is 0 Å². The summed E-state index contributed by atoms with van der Waals surface area (Å²) in [6, 6.07) is 3.55. The summed E-state index contributed by atoms with van der Waals surface area (Å²) in [4.78, 5) is 8.47. The number of hydrogen-bond acceptors (Lipinski definition) is 6. The Balaban J connectivity index is 2.07. The third-order valence-electron chi connectivity index (χ3n) is 2.38. The van der Waals surface area contributed by atoms with Gasteiger partial charge in [0.25, 0.3) is 0 Å². The van der Waals surface area contributed by atoms with Crippen molar-refractivity contribution in [1.82, 2.24) is 9.97 Å². The van der Waals surface area contributed by atoms with Crippen LogP contribution in [-0.2, 0) is 6.54 Å². The molecular weight excluding hydrogens is 256 g/mol. The van der Waals surface area contributed by atoms with Crippen molar-refractivity contribution < 1.29 is 9.15 Å². The zero-order valence-corrected chi connectivity index (χ0v) is 12.2. The summed E-state index contributed by atoms with van der Waals surface area (Å²) in [7, 11) is 0. The molecule has 0 atom stereocenters. The number of nitrogens with zero attached hydrogens (tertiary/aromatic N) is 2. The molecule has 3 N–H and O–H groups in total. The minimum absolute atomic E-state index is 0.348. The van der Waals surface area contributed by atoms with Crippen LogP contribution < -0.4 is 15.8 Å². The Morgan fingerprint density at radius 2 is 2.10 bits per heavy atom. The number of nitrogens with two attached hydrogens (primary N) is 1. The minimum Gasteiger partial charge on any atom is -0.470 e. The highest BCUT2D eigenvalue weighted by molar-refractivity contribution is 5.53. The van der Waals surface area contributed by atoms with Crippen LogP contribution in [0, 0.1) is 6.92 Å². The lowest BCUT2D eigenvalue weighted by atomic mass is 10.2. The number of aryl methyl sites for hydroxylation is 1. The normalized spacial score (nSPS) is 11.4. The van der Waals surface area contributed by atoms with E-state index < -0.39 is 0 Å². The van der Waals surface area contributed by atoms with Gasteiger partial charge in [0, 0.05) is 0 Å². The van der Waals surface area contributed by atoms with Crippen LogP contribution in [0.1, 0.15) is 32.4 Å². The smallest absolute Gasteiger partial charge is 0.239 e. The van der Waals surface area contributed by atoms with Gasteiger partial charge < -0.3 is 20.2 Å². The first-order valence-corrected chi connectivity index (χ1v) is 6.44. The second-order valence-corrected chi connectivity index (χ2v) is 5.52. The lowest BCUT2D eigenvalue weighted by Crippen LogP contribution is -2.24. The predicted molar refractivity (Wildman–Crippen MR) is 77.6 cm³/mol. The van der Waals surface area contributed by atoms with Gasteiger partial charge in [-0.1, -0.05) is 0 Å². The molecule has 0 spiro atoms. The molecule has 0 saturated carbocycles. The largest absolute Gasteiger partial charge is 0.470 e. The molecule has 20 heavy (non-hydrogen) atoms. The van der Waals surface area contributed by atoms with Crippen molar-refractivity contribution in [2.24, 2.45) is 0 Å². The molecule has 0 bridgehead atoms. The van der Waals surface area contributed by atoms with E-state index in [1.165, 1.54) is 0 Å². The van der Waals surface area contributed by atoms with Gasteiger partial charge in [-0.25, -0.2) is 4.98 Å². The Bertz CT molecular complexity index is 587. The van der Waals surface area contributed by atoms with Gasteiger partial charge >= 0.3 is 0 Å². The van der Waals surface area contributed by atoms with Gasteiger partial charge in [0.05, 0.1) is 18.4 Å². The molecule has 0 aliphatic rings. The summed E-state index contributed by atoms with van der Waals surface area (Å²) in [5.74, 6) is 2.48. The lowest BCUT2D eigenvalue weighted by Gasteiger charge is -2.21. The molecule has 0 aliphatic carbocycles. The molecule has 2 rings (SSSR count). The Kier molecular flexibility index (Phi) is 3.83. The molecule has 0 amide bonds. The van der Waals surface area contributed by atoms with E-state index in [1.807, 2.05) is 27.7 Å². The van der Waals surface area contributed by atoms with Crippen molar-refractivity contribution in [3.8, 4) is 5.88 Å². The van der Waals surface area contributed by atoms with E-state index in [4.69, 9.17) is 14.9 Å². The van der Waals surface area contributed by atoms with Crippen molar-refractivity contribution in [3.05, 3.63) is 30.0 Å². The summed E-state index contributed by atoms with van der Waals surface area (Å²) < 4.78 is 11.1. The number of aromatic nitrogens is 2. The molecule has 0 aliphatic heterocycles. The number of pyridine rings is 1. The fraction of sp³-hybridized carbons (Fsp3) is 0.429. The maximum Gasteiger partial charge on any atom is 0.239 e. The molecule has 2 aromatic rings. The van der Waals surface area contributed by atoms with E-state index in [0.717, 1.165) is 5.76 Å². The maximum absolute atomic E-state index is 5.86. The first-order chi connectivity index (χ1) is 9.33. The van der Waals surface area contributed by atoms with Crippen LogP contribution in [0.15, 0.2) is 22.7 Å². The van der Waals surface area contributed by atoms with Crippen molar-refractivity contribution in [1.29, 1.82) is 0 Å². The second kappa shape index (κ2) is 5.40. The van der Waals surface area contributed by atoms with Crippen LogP contribution in [-0.4, -0.2) is 15.6 Å². The molecule has 2 aromatic heterocycles. The number of anilines is 2. The topological polar surface area (TPSA) is 86.2 Å². The van der Waals surface area contributed by atoms with Crippen molar-refractivity contribution >= 4 is 11.5 Å². The summed E-state index contributed by atoms with van der Waals surface area (Å²) in [6.07, 6.45) is 1.68. The molecule has 0 fully saturated rings. The number of ether oxygens (including phenoxy) is 1. The highest BCUT2D eigenvalue weighted by Crippen LogP contribution is 2.25. The van der Waals surface area contributed by atoms with Crippen molar-refractivity contribution in [2.75, 3.05) is 11.1 Å². The molecule has 2 heterocycles. The van der Waals surface area contributed by atoms with Crippen LogP contribution >= 0.6 is 0 Å². The summed E-state index contributed by atoms with van der Waals surface area (Å²) in [6.45, 7) is 8.16. The summed E-state index contributed by atoms with van der Waals surface area (Å²) >= 11 is 0. The molecule has 6 nitrogen and oxygen atoms in total. The first kappa shape index (κ1) is 14.2. The average Bonchev–Trinajstić information content (AvgIpc) is 2.74. The molecule has 0 radical (unpaired) electrons. The first-order valence-electron chi connectivity index (χ1n) is 6.44. The van der Waals surface area contributed by atoms with E-state index in [-0.39, 0.29) is 5.60 Å². The van der Waals surface area contributed by atoms with Crippen LogP contribution in [0.2, 0.25) is 0 Å². The fourth-order valence-electron chi connectivity index (χ4n) is 1.57. The Morgan fingerprint density at radius 3 is 2.70 bits per heavy atom. The minimum atomic E-state index is -0.348. The van der Waals surface area contributed by atoms with Crippen LogP contribution in [0.4, 0.5) is 11.5 Å². The molecule has 6 heteroatoms. The predicted octanol–water partition coefficient (Wildman–Crippen LogP) is 2.75. The molecule has 0 aromatic carbocycles. The van der Waals surface area contributed by atoms with E-state index in [9.17, 15) is 0 Å². The molecule has 0 unspecified atom stereocenters. The van der Waals surface area contributed by atoms with E-state index in [0.29, 0.717) is 29.8 Å². The SMILES string of the molecule is Cc1cnc(CNc2ccc(N)c(OC(C)(C)C)n2)o1. The van der Waals surface area contributed by atoms with Gasteiger partial charge in [-0.15, -0.1) is 0 Å². The van der Waals surface area contributed by atoms with E-state index >= 15 is 0 Å². The van der Waals surface area contributed by atoms with Gasteiger partial charge in [0.15, 0.2) is 0 Å². The number of nitrogens with one attached hydrogen (secondary N) is 1. The second-order valence-electron chi connectivity index (χ2n) is 5.52. The molecular formula is C14H20N4O2. The van der Waals surface area contributed by atoms with Crippen molar-refractivity contribution in [2.45, 2.75) is 39.8 Å². The van der Waals surface area contributed by atoms with Crippen molar-refractivity contribution in [3.63, 3.8) is 0 Å². The highest BCUT2D eigenvalue weighted by Gasteiger charge is 2.15. The standard InChI is InChI=1S/C14H20N4O2/c1-9-7-17-12(19-9)8-16-11-6-5-10(15)13(18-11)20-14(2,3)4/h5-7H,8,15H2,1-4H3,(H,16,18). The third-order valence-corrected chi connectivity index (χ3v) is 2.38. The monoisotopic (exact) mass is 276 g/mol. The quantitative estimate of drug-likeness (QED) is 0.893. The number of nitrogen functional groups attached to an aromatic ring is 1. The number of rotatable bonds is 4. The average molecular weight is 276 g/mol. The van der Waals surface area contributed by atoms with Crippen LogP contribution in [0.25, 0.3) is 0 Å². The summed E-state index contributed by atoms with van der Waals surface area (Å²) in [5.41, 5.74) is 6.02. The zero-order valence-electron chi connectivity index (χ0n) is 12.2. The van der Waals surface area contributed by atoms with E-state index in [1.54, 1.807) is 18.3 Å². The molecule has 108 valence electrons. The highest BCUT2D eigenvalue weighted by atomic mass is 16.5. The Morgan fingerprint density at radius 1 is 1.35 bits per heavy atom. The van der Waals surface area contributed by atoms with Gasteiger partial charge in [-0.05, 0) is 39.8 Å². The third kappa shape index (κ3) is 3.88. The van der Waals surface area contributed by atoms with Gasteiger partial charge in [-0.3, -0.25) is 0 Å². The Hall–Kier alpha value is -2.24. The number of hydrogen-bond donors (Lipinski definition) is 2. The fourth-order valence-corrected chi connectivity index (χ4v) is 1.57. The summed E-state index contributed by atoms with van der Waals surface area (Å²) in [5, 5.41) is 3.12. The lowest BCUT2D eigenvalue weighted by molar-refractivity contribution is 0.125. The van der Waals surface area contributed by atoms with E-state index in [2.05, 4.69) is 15.3 Å². The Labute approximate surface area is 118 Å². The molecule has 0 saturated heterocycles. The number of oxazole rings is 1. The zero-order chi connectivity index (χ0) is 14.8. The van der Waals surface area contributed by atoms with Gasteiger partial charge in [0.1, 0.15) is 17.2 Å². The van der Waals surface area contributed by atoms with Gasteiger partial charge in [-0.2, -0.15) is 4.98 Å². The van der Waals surface area contributed by atoms with Crippen LogP contribution in [0.5, 0.6) is 5.88 Å². The van der Waals surface area contributed by atoms with Gasteiger partial charge in [0.2, 0.25) is 11.8 Å².